The Kier molecular flexibility index (Phi) is 4.74. The van der Waals surface area contributed by atoms with E-state index in [1.165, 1.54) is 4.90 Å². The minimum absolute atomic E-state index is 0.315. The molecule has 3 aromatic carbocycles. The standard InChI is InChI=1S/C26H19ClN4O3/c27-16-10-12-17(13-11-16)29-24(32)23-21-20(22-19-9-5-4-6-15(19)14-28-31(22)23)25(33)30(26(21)34)18-7-2-1-3-8-18/h1-14,20-23H,(H,29,32)/t20-,21+,22+,23-/m1/s1. The van der Waals surface area contributed by atoms with Crippen LogP contribution in [0, 0.1) is 11.8 Å². The number of nitrogens with zero attached hydrogens (tertiary/aromatic N) is 3. The quantitative estimate of drug-likeness (QED) is 0.589. The van der Waals surface area contributed by atoms with Gasteiger partial charge in [-0.25, -0.2) is 4.90 Å². The van der Waals surface area contributed by atoms with Crippen molar-refractivity contribution in [1.29, 1.82) is 0 Å². The van der Waals surface area contributed by atoms with Gasteiger partial charge in [0.2, 0.25) is 17.7 Å². The van der Waals surface area contributed by atoms with Crippen LogP contribution in [0.1, 0.15) is 17.2 Å². The Morgan fingerprint density at radius 1 is 0.853 bits per heavy atom. The van der Waals surface area contributed by atoms with Crippen molar-refractivity contribution in [3.63, 3.8) is 0 Å². The number of nitrogens with one attached hydrogen (secondary N) is 1. The van der Waals surface area contributed by atoms with Gasteiger partial charge >= 0.3 is 0 Å². The maximum atomic E-state index is 13.7. The van der Waals surface area contributed by atoms with Crippen LogP contribution in [-0.2, 0) is 14.4 Å². The highest BCUT2D eigenvalue weighted by Crippen LogP contribution is 2.52. The third kappa shape index (κ3) is 3.04. The Hall–Kier alpha value is -3.97. The summed E-state index contributed by atoms with van der Waals surface area (Å²) in [6.45, 7) is 0. The molecule has 0 saturated carbocycles. The minimum Gasteiger partial charge on any atom is -0.324 e. The molecule has 0 bridgehead atoms. The van der Waals surface area contributed by atoms with Gasteiger partial charge in [0, 0.05) is 10.7 Å². The zero-order valence-electron chi connectivity index (χ0n) is 17.8. The summed E-state index contributed by atoms with van der Waals surface area (Å²) in [5, 5.41) is 9.59. The average Bonchev–Trinajstić information content (AvgIpc) is 3.33. The fourth-order valence-electron chi connectivity index (χ4n) is 5.25. The van der Waals surface area contributed by atoms with Gasteiger partial charge in [-0.15, -0.1) is 0 Å². The summed E-state index contributed by atoms with van der Waals surface area (Å²) in [6, 6.07) is 21.7. The van der Waals surface area contributed by atoms with Crippen LogP contribution in [0.4, 0.5) is 11.4 Å². The lowest BCUT2D eigenvalue weighted by Gasteiger charge is -2.33. The van der Waals surface area contributed by atoms with E-state index in [-0.39, 0.29) is 11.8 Å². The van der Waals surface area contributed by atoms with Gasteiger partial charge in [-0.3, -0.25) is 19.4 Å². The van der Waals surface area contributed by atoms with Crippen LogP contribution < -0.4 is 10.2 Å². The summed E-state index contributed by atoms with van der Waals surface area (Å²) < 4.78 is 0. The van der Waals surface area contributed by atoms with E-state index in [1.807, 2.05) is 30.3 Å². The number of rotatable bonds is 3. The molecule has 0 radical (unpaired) electrons. The number of hydrazone groups is 1. The van der Waals surface area contributed by atoms with Crippen LogP contribution in [-0.4, -0.2) is 35.0 Å². The van der Waals surface area contributed by atoms with E-state index in [1.54, 1.807) is 59.8 Å². The van der Waals surface area contributed by atoms with Crippen molar-refractivity contribution in [1.82, 2.24) is 5.01 Å². The molecular weight excluding hydrogens is 452 g/mol. The first-order chi connectivity index (χ1) is 16.5. The molecule has 7 nitrogen and oxygen atoms in total. The number of anilines is 2. The van der Waals surface area contributed by atoms with Gasteiger partial charge in [0.05, 0.1) is 29.8 Å². The summed E-state index contributed by atoms with van der Waals surface area (Å²) in [5.41, 5.74) is 2.81. The first-order valence-electron chi connectivity index (χ1n) is 10.9. The van der Waals surface area contributed by atoms with Crippen molar-refractivity contribution >= 4 is 46.9 Å². The van der Waals surface area contributed by atoms with Gasteiger partial charge in [0.15, 0.2) is 0 Å². The Balaban J connectivity index is 1.44. The molecular formula is C26H19ClN4O3. The third-order valence-electron chi connectivity index (χ3n) is 6.69. The highest BCUT2D eigenvalue weighted by atomic mass is 35.5. The monoisotopic (exact) mass is 470 g/mol. The number of fused-ring (bicyclic) bond motifs is 5. The maximum Gasteiger partial charge on any atom is 0.249 e. The topological polar surface area (TPSA) is 82.1 Å². The first-order valence-corrected chi connectivity index (χ1v) is 11.3. The zero-order valence-corrected chi connectivity index (χ0v) is 18.6. The van der Waals surface area contributed by atoms with Crippen LogP contribution in [0.5, 0.6) is 0 Å². The summed E-state index contributed by atoms with van der Waals surface area (Å²) >= 11 is 5.97. The second kappa shape index (κ2) is 7.81. The van der Waals surface area contributed by atoms with Crippen molar-refractivity contribution in [3.8, 4) is 0 Å². The van der Waals surface area contributed by atoms with Crippen molar-refractivity contribution in [2.24, 2.45) is 16.9 Å². The molecule has 168 valence electrons. The zero-order chi connectivity index (χ0) is 23.4. The lowest BCUT2D eigenvalue weighted by atomic mass is 9.85. The predicted octanol–water partition coefficient (Wildman–Crippen LogP) is 3.86. The minimum atomic E-state index is -0.944. The predicted molar refractivity (Wildman–Crippen MR) is 128 cm³/mol. The van der Waals surface area contributed by atoms with E-state index in [0.717, 1.165) is 11.1 Å². The molecule has 0 unspecified atom stereocenters. The van der Waals surface area contributed by atoms with Gasteiger partial charge in [-0.2, -0.15) is 5.10 Å². The number of hydrogen-bond acceptors (Lipinski definition) is 5. The van der Waals surface area contributed by atoms with Crippen molar-refractivity contribution < 1.29 is 14.4 Å². The Morgan fingerprint density at radius 3 is 2.29 bits per heavy atom. The molecule has 4 atom stereocenters. The number of hydrogen-bond donors (Lipinski definition) is 1. The van der Waals surface area contributed by atoms with Crippen LogP contribution in [0.15, 0.2) is 84.0 Å². The Bertz CT molecular complexity index is 1340. The molecule has 34 heavy (non-hydrogen) atoms. The molecule has 0 spiro atoms. The maximum absolute atomic E-state index is 13.7. The number of carbonyl (C=O) groups is 3. The molecule has 2 saturated heterocycles. The molecule has 3 heterocycles. The molecule has 0 aromatic heterocycles. The Labute approximate surface area is 200 Å². The summed E-state index contributed by atoms with van der Waals surface area (Å²) in [6.07, 6.45) is 1.68. The summed E-state index contributed by atoms with van der Waals surface area (Å²) in [5.74, 6) is -2.70. The molecule has 0 aliphatic carbocycles. The van der Waals surface area contributed by atoms with Gasteiger partial charge in [0.1, 0.15) is 6.04 Å². The largest absolute Gasteiger partial charge is 0.324 e. The van der Waals surface area contributed by atoms with E-state index in [4.69, 9.17) is 11.6 Å². The fourth-order valence-corrected chi connectivity index (χ4v) is 5.38. The molecule has 1 N–H and O–H groups in total. The Morgan fingerprint density at radius 2 is 1.53 bits per heavy atom. The molecule has 6 rings (SSSR count). The van der Waals surface area contributed by atoms with E-state index in [9.17, 15) is 14.4 Å². The van der Waals surface area contributed by atoms with Crippen LogP contribution >= 0.6 is 11.6 Å². The lowest BCUT2D eigenvalue weighted by molar-refractivity contribution is -0.129. The number of benzene rings is 3. The number of halogens is 1. The lowest BCUT2D eigenvalue weighted by Crippen LogP contribution is -2.46. The van der Waals surface area contributed by atoms with Crippen LogP contribution in [0.25, 0.3) is 0 Å². The molecule has 2 fully saturated rings. The van der Waals surface area contributed by atoms with E-state index < -0.39 is 29.8 Å². The average molecular weight is 471 g/mol. The van der Waals surface area contributed by atoms with Crippen LogP contribution in [0.2, 0.25) is 5.02 Å². The second-order valence-electron chi connectivity index (χ2n) is 8.54. The summed E-state index contributed by atoms with van der Waals surface area (Å²) in [4.78, 5) is 42.2. The van der Waals surface area contributed by atoms with Gasteiger partial charge in [0.25, 0.3) is 0 Å². The number of carbonyl (C=O) groups excluding carboxylic acids is 3. The third-order valence-corrected chi connectivity index (χ3v) is 6.94. The van der Waals surface area contributed by atoms with Gasteiger partial charge in [-0.1, -0.05) is 54.1 Å². The molecule has 8 heteroatoms. The van der Waals surface area contributed by atoms with Crippen molar-refractivity contribution in [2.75, 3.05) is 10.2 Å². The normalized spacial score (nSPS) is 24.6. The van der Waals surface area contributed by atoms with Gasteiger partial charge < -0.3 is 5.32 Å². The number of imide groups is 1. The number of para-hydroxylation sites is 1. The van der Waals surface area contributed by atoms with E-state index >= 15 is 0 Å². The molecule has 3 aliphatic heterocycles. The van der Waals surface area contributed by atoms with Crippen LogP contribution in [0.3, 0.4) is 0 Å². The summed E-state index contributed by atoms with van der Waals surface area (Å²) in [7, 11) is 0. The first kappa shape index (κ1) is 20.6. The van der Waals surface area contributed by atoms with Crippen molar-refractivity contribution in [3.05, 3.63) is 95.0 Å². The van der Waals surface area contributed by atoms with Gasteiger partial charge in [-0.05, 0) is 47.5 Å². The highest BCUT2D eigenvalue weighted by Gasteiger charge is 2.65. The number of amides is 3. The molecule has 3 aliphatic rings. The van der Waals surface area contributed by atoms with E-state index in [0.29, 0.717) is 16.4 Å². The second-order valence-corrected chi connectivity index (χ2v) is 8.97. The van der Waals surface area contributed by atoms with Crippen molar-refractivity contribution in [2.45, 2.75) is 12.1 Å². The molecule has 3 aromatic rings. The molecule has 3 amide bonds. The smallest absolute Gasteiger partial charge is 0.249 e. The highest BCUT2D eigenvalue weighted by molar-refractivity contribution is 6.30. The van der Waals surface area contributed by atoms with E-state index in [2.05, 4.69) is 10.4 Å². The SMILES string of the molecule is O=C(Nc1ccc(Cl)cc1)[C@H]1[C@H]2C(=O)N(c3ccccc3)C(=O)[C@H]2[C@@H]2c3ccccc3C=NN12. The fraction of sp³-hybridized carbons (Fsp3) is 0.154.